The minimum atomic E-state index is -4.19. The zero-order valence-electron chi connectivity index (χ0n) is 14.6. The predicted molar refractivity (Wildman–Crippen MR) is 91.1 cm³/mol. The first-order chi connectivity index (χ1) is 12.8. The van der Waals surface area contributed by atoms with Crippen molar-refractivity contribution >= 4 is 11.7 Å². The van der Waals surface area contributed by atoms with E-state index >= 15 is 0 Å². The van der Waals surface area contributed by atoms with Crippen molar-refractivity contribution in [2.45, 2.75) is 38.3 Å². The fourth-order valence-electron chi connectivity index (χ4n) is 2.28. The molecule has 0 radical (unpaired) electrons. The number of hydrogen-bond donors (Lipinski definition) is 2. The van der Waals surface area contributed by atoms with Gasteiger partial charge in [-0.15, -0.1) is 0 Å². The molecule has 1 atom stereocenters. The second kappa shape index (κ2) is 9.40. The number of hydrogen-bond acceptors (Lipinski definition) is 3. The standard InChI is InChI=1S/C18H20F4N2O3/c1-12(8-15-6-3-7-27-15)23-17(25)24-14-5-2-4-13(9-14)10-26-11-18(21,22)16(19)20/h2-7,9,12,16H,8,10-11H2,1H3,(H2,23,24,25). The summed E-state index contributed by atoms with van der Waals surface area (Å²) >= 11 is 0. The summed E-state index contributed by atoms with van der Waals surface area (Å²) < 4.78 is 59.6. The minimum absolute atomic E-state index is 0.181. The van der Waals surface area contributed by atoms with Crippen molar-refractivity contribution in [3.8, 4) is 0 Å². The van der Waals surface area contributed by atoms with E-state index in [1.807, 2.05) is 6.92 Å². The van der Waals surface area contributed by atoms with Crippen molar-refractivity contribution in [1.82, 2.24) is 5.32 Å². The van der Waals surface area contributed by atoms with E-state index < -0.39 is 25.0 Å². The van der Waals surface area contributed by atoms with Gasteiger partial charge in [-0.2, -0.15) is 8.78 Å². The molecule has 1 aromatic carbocycles. The number of anilines is 1. The average molecular weight is 388 g/mol. The Hall–Kier alpha value is -2.55. The summed E-state index contributed by atoms with van der Waals surface area (Å²) in [5.74, 6) is -3.46. The van der Waals surface area contributed by atoms with E-state index in [1.165, 1.54) is 6.07 Å². The molecule has 2 amide bonds. The summed E-state index contributed by atoms with van der Waals surface area (Å²) in [6, 6.07) is 9.21. The van der Waals surface area contributed by atoms with Gasteiger partial charge in [0, 0.05) is 18.2 Å². The number of benzene rings is 1. The third-order valence-electron chi connectivity index (χ3n) is 3.53. The number of urea groups is 1. The Kier molecular flexibility index (Phi) is 7.23. The quantitative estimate of drug-likeness (QED) is 0.624. The maximum Gasteiger partial charge on any atom is 0.330 e. The smallest absolute Gasteiger partial charge is 0.330 e. The number of carbonyl (C=O) groups excluding carboxylic acids is 1. The fourth-order valence-corrected chi connectivity index (χ4v) is 2.28. The number of amides is 2. The number of rotatable bonds is 9. The van der Waals surface area contributed by atoms with Gasteiger partial charge in [0.05, 0.1) is 12.9 Å². The largest absolute Gasteiger partial charge is 0.469 e. The monoisotopic (exact) mass is 388 g/mol. The Morgan fingerprint density at radius 3 is 2.70 bits per heavy atom. The first-order valence-corrected chi connectivity index (χ1v) is 8.19. The van der Waals surface area contributed by atoms with E-state index in [4.69, 9.17) is 4.42 Å². The van der Waals surface area contributed by atoms with Gasteiger partial charge in [0.2, 0.25) is 0 Å². The van der Waals surface area contributed by atoms with Gasteiger partial charge < -0.3 is 19.8 Å². The first kappa shape index (κ1) is 20.8. The summed E-state index contributed by atoms with van der Waals surface area (Å²) in [6.07, 6.45) is -1.71. The van der Waals surface area contributed by atoms with Crippen LogP contribution in [0.25, 0.3) is 0 Å². The zero-order chi connectivity index (χ0) is 19.9. The summed E-state index contributed by atoms with van der Waals surface area (Å²) in [5.41, 5.74) is 0.876. The van der Waals surface area contributed by atoms with Crippen molar-refractivity contribution in [2.75, 3.05) is 11.9 Å². The second-order valence-electron chi connectivity index (χ2n) is 6.04. The summed E-state index contributed by atoms with van der Waals surface area (Å²) in [7, 11) is 0. The number of carbonyl (C=O) groups is 1. The highest BCUT2D eigenvalue weighted by Gasteiger charge is 2.40. The van der Waals surface area contributed by atoms with Gasteiger partial charge in [0.25, 0.3) is 0 Å². The molecule has 9 heteroatoms. The minimum Gasteiger partial charge on any atom is -0.469 e. The lowest BCUT2D eigenvalue weighted by Gasteiger charge is -2.16. The molecular formula is C18H20F4N2O3. The van der Waals surface area contributed by atoms with E-state index in [0.29, 0.717) is 17.7 Å². The van der Waals surface area contributed by atoms with Gasteiger partial charge in [0.15, 0.2) is 0 Å². The van der Waals surface area contributed by atoms with Gasteiger partial charge in [-0.05, 0) is 36.8 Å². The molecule has 2 aromatic rings. The molecule has 1 aromatic heterocycles. The molecule has 1 unspecified atom stereocenters. The molecule has 148 valence electrons. The van der Waals surface area contributed by atoms with Crippen LogP contribution in [0.15, 0.2) is 47.1 Å². The molecule has 0 aliphatic carbocycles. The molecule has 1 heterocycles. The van der Waals surface area contributed by atoms with Crippen molar-refractivity contribution in [2.24, 2.45) is 0 Å². The Morgan fingerprint density at radius 2 is 2.04 bits per heavy atom. The lowest BCUT2D eigenvalue weighted by Crippen LogP contribution is -2.37. The molecule has 2 rings (SSSR count). The first-order valence-electron chi connectivity index (χ1n) is 8.19. The van der Waals surface area contributed by atoms with Crippen LogP contribution in [0.3, 0.4) is 0 Å². The third-order valence-corrected chi connectivity index (χ3v) is 3.53. The van der Waals surface area contributed by atoms with Crippen LogP contribution in [0, 0.1) is 0 Å². The Balaban J connectivity index is 1.81. The van der Waals surface area contributed by atoms with Crippen molar-refractivity contribution in [3.63, 3.8) is 0 Å². The van der Waals surface area contributed by atoms with Gasteiger partial charge in [-0.25, -0.2) is 13.6 Å². The van der Waals surface area contributed by atoms with Crippen molar-refractivity contribution in [1.29, 1.82) is 0 Å². The summed E-state index contributed by atoms with van der Waals surface area (Å²) in [5, 5.41) is 5.35. The van der Waals surface area contributed by atoms with E-state index in [2.05, 4.69) is 15.4 Å². The van der Waals surface area contributed by atoms with Gasteiger partial charge in [-0.1, -0.05) is 12.1 Å². The van der Waals surface area contributed by atoms with E-state index in [9.17, 15) is 22.4 Å². The summed E-state index contributed by atoms with van der Waals surface area (Å²) in [4.78, 5) is 12.0. The molecule has 0 aliphatic heterocycles. The second-order valence-corrected chi connectivity index (χ2v) is 6.04. The SMILES string of the molecule is CC(Cc1ccco1)NC(=O)Nc1cccc(COCC(F)(F)C(F)F)c1. The van der Waals surface area contributed by atoms with Gasteiger partial charge in [-0.3, -0.25) is 0 Å². The molecule has 27 heavy (non-hydrogen) atoms. The fraction of sp³-hybridized carbons (Fsp3) is 0.389. The van der Waals surface area contributed by atoms with Crippen LogP contribution >= 0.6 is 0 Å². The molecule has 0 aliphatic rings. The molecule has 5 nitrogen and oxygen atoms in total. The van der Waals surface area contributed by atoms with Crippen LogP contribution in [-0.4, -0.2) is 31.0 Å². The maximum atomic E-state index is 12.8. The van der Waals surface area contributed by atoms with Crippen LogP contribution in [0.4, 0.5) is 28.0 Å². The van der Waals surface area contributed by atoms with E-state index in [-0.39, 0.29) is 12.6 Å². The Labute approximate surface area is 153 Å². The molecule has 0 saturated heterocycles. The normalized spacial score (nSPS) is 12.8. The van der Waals surface area contributed by atoms with Crippen LogP contribution in [0.5, 0.6) is 0 Å². The molecular weight excluding hydrogens is 368 g/mol. The van der Waals surface area contributed by atoms with Crippen molar-refractivity contribution in [3.05, 3.63) is 54.0 Å². The highest BCUT2D eigenvalue weighted by Crippen LogP contribution is 2.23. The zero-order valence-corrected chi connectivity index (χ0v) is 14.6. The van der Waals surface area contributed by atoms with Crippen LogP contribution in [-0.2, 0) is 17.8 Å². The highest BCUT2D eigenvalue weighted by molar-refractivity contribution is 5.89. The Morgan fingerprint density at radius 1 is 1.26 bits per heavy atom. The molecule has 0 saturated carbocycles. The predicted octanol–water partition coefficient (Wildman–Crippen LogP) is 4.45. The van der Waals surface area contributed by atoms with Crippen molar-refractivity contribution < 1.29 is 31.5 Å². The number of nitrogens with one attached hydrogen (secondary N) is 2. The number of halogens is 4. The number of ether oxygens (including phenoxy) is 1. The average Bonchev–Trinajstić information content (AvgIpc) is 3.07. The van der Waals surface area contributed by atoms with Gasteiger partial charge in [0.1, 0.15) is 12.4 Å². The maximum absolute atomic E-state index is 12.8. The van der Waals surface area contributed by atoms with Crippen LogP contribution < -0.4 is 10.6 Å². The molecule has 0 bridgehead atoms. The van der Waals surface area contributed by atoms with Crippen LogP contribution in [0.2, 0.25) is 0 Å². The van der Waals surface area contributed by atoms with Crippen LogP contribution in [0.1, 0.15) is 18.2 Å². The molecule has 0 spiro atoms. The third kappa shape index (κ3) is 6.93. The van der Waals surface area contributed by atoms with Gasteiger partial charge >= 0.3 is 18.4 Å². The van der Waals surface area contributed by atoms with E-state index in [0.717, 1.165) is 5.76 Å². The topological polar surface area (TPSA) is 63.5 Å². The molecule has 0 fully saturated rings. The lowest BCUT2D eigenvalue weighted by molar-refractivity contribution is -0.168. The lowest BCUT2D eigenvalue weighted by atomic mass is 10.2. The highest BCUT2D eigenvalue weighted by atomic mass is 19.3. The number of alkyl halides is 4. The number of furan rings is 1. The molecule has 2 N–H and O–H groups in total. The van der Waals surface area contributed by atoms with E-state index in [1.54, 1.807) is 36.6 Å². The summed E-state index contributed by atoms with van der Waals surface area (Å²) in [6.45, 7) is 0.150. The Bertz CT molecular complexity index is 723.